The summed E-state index contributed by atoms with van der Waals surface area (Å²) in [4.78, 5) is 13.6. The number of benzene rings is 1. The fourth-order valence-corrected chi connectivity index (χ4v) is 3.66. The van der Waals surface area contributed by atoms with Gasteiger partial charge in [-0.3, -0.25) is 4.79 Å². The Bertz CT molecular complexity index is 556. The maximum atomic E-state index is 11.3. The van der Waals surface area contributed by atoms with E-state index in [2.05, 4.69) is 50.8 Å². The maximum absolute atomic E-state index is 11.3. The molecule has 2 atom stereocenters. The average molecular weight is 324 g/mol. The zero-order valence-electron chi connectivity index (χ0n) is 14.1. The molecule has 1 aliphatic rings. The van der Waals surface area contributed by atoms with Gasteiger partial charge in [0.05, 0.1) is 12.4 Å². The van der Waals surface area contributed by atoms with E-state index in [1.165, 1.54) is 23.7 Å². The molecule has 0 aliphatic carbocycles. The predicted octanol–water partition coefficient (Wildman–Crippen LogP) is 4.26. The molecule has 0 saturated carbocycles. The van der Waals surface area contributed by atoms with Crippen molar-refractivity contribution in [2.24, 2.45) is 0 Å². The van der Waals surface area contributed by atoms with E-state index in [1.807, 2.05) is 0 Å². The van der Waals surface area contributed by atoms with Crippen LogP contribution in [0.25, 0.3) is 0 Å². The van der Waals surface area contributed by atoms with Crippen molar-refractivity contribution in [3.05, 3.63) is 29.3 Å². The minimum atomic E-state index is -0.291. The first kappa shape index (κ1) is 17.1. The fourth-order valence-electron chi connectivity index (χ4n) is 3.50. The molecule has 1 aliphatic heterocycles. The van der Waals surface area contributed by atoms with E-state index in [-0.39, 0.29) is 17.6 Å². The number of hydrogen-bond acceptors (Lipinski definition) is 3. The first-order chi connectivity index (χ1) is 10.2. The Morgan fingerprint density at radius 3 is 2.77 bits per heavy atom. The van der Waals surface area contributed by atoms with Crippen molar-refractivity contribution in [1.29, 1.82) is 0 Å². The van der Waals surface area contributed by atoms with Crippen molar-refractivity contribution in [3.8, 4) is 0 Å². The second-order valence-electron chi connectivity index (χ2n) is 6.98. The number of hydrogen-bond donors (Lipinski definition) is 0. The van der Waals surface area contributed by atoms with Crippen LogP contribution in [0.5, 0.6) is 0 Å². The van der Waals surface area contributed by atoms with Gasteiger partial charge in [-0.25, -0.2) is 0 Å². The summed E-state index contributed by atoms with van der Waals surface area (Å²) in [5.41, 5.74) is 3.85. The van der Waals surface area contributed by atoms with Crippen LogP contribution >= 0.6 is 11.6 Å². The summed E-state index contributed by atoms with van der Waals surface area (Å²) < 4.78 is 5.36. The van der Waals surface area contributed by atoms with Gasteiger partial charge < -0.3 is 9.64 Å². The predicted molar refractivity (Wildman–Crippen MR) is 91.9 cm³/mol. The summed E-state index contributed by atoms with van der Waals surface area (Å²) in [5, 5.41) is 0. The Balaban J connectivity index is 2.37. The molecular weight excluding hydrogens is 298 g/mol. The van der Waals surface area contributed by atoms with Crippen LogP contribution in [0.4, 0.5) is 5.69 Å². The normalized spacial score (nSPS) is 21.2. The molecule has 22 heavy (non-hydrogen) atoms. The smallest absolute Gasteiger partial charge is 0.303 e. The summed E-state index contributed by atoms with van der Waals surface area (Å²) in [7, 11) is 0. The monoisotopic (exact) mass is 323 g/mol. The van der Waals surface area contributed by atoms with Crippen LogP contribution in [0.2, 0.25) is 0 Å². The number of halogens is 1. The van der Waals surface area contributed by atoms with Crippen LogP contribution in [0.15, 0.2) is 18.2 Å². The lowest BCUT2D eigenvalue weighted by molar-refractivity contribution is -0.144. The van der Waals surface area contributed by atoms with E-state index in [0.29, 0.717) is 18.3 Å². The molecule has 3 nitrogen and oxygen atoms in total. The van der Waals surface area contributed by atoms with Crippen molar-refractivity contribution < 1.29 is 9.53 Å². The standard InChI is InChI=1S/C18H26ClNO2/c1-12-6-7-16-13(2)9-18(4,5)20(17(16)8-12)11-15(10-19)22-14(3)21/h6-8,13,15H,9-11H2,1-5H3. The number of esters is 1. The minimum Gasteiger partial charge on any atom is -0.459 e. The molecule has 0 radical (unpaired) electrons. The maximum Gasteiger partial charge on any atom is 0.303 e. The molecule has 1 aromatic carbocycles. The second kappa shape index (κ2) is 6.49. The zero-order valence-corrected chi connectivity index (χ0v) is 14.9. The van der Waals surface area contributed by atoms with E-state index in [4.69, 9.17) is 16.3 Å². The van der Waals surface area contributed by atoms with Crippen LogP contribution in [-0.2, 0) is 9.53 Å². The van der Waals surface area contributed by atoms with Gasteiger partial charge in [0.25, 0.3) is 0 Å². The van der Waals surface area contributed by atoms with Crippen molar-refractivity contribution >= 4 is 23.3 Å². The highest BCUT2D eigenvalue weighted by molar-refractivity contribution is 6.18. The van der Waals surface area contributed by atoms with E-state index in [1.54, 1.807) is 0 Å². The molecule has 1 heterocycles. The van der Waals surface area contributed by atoms with E-state index >= 15 is 0 Å². The second-order valence-corrected chi connectivity index (χ2v) is 7.28. The number of ether oxygens (including phenoxy) is 1. The third-order valence-corrected chi connectivity index (χ3v) is 4.78. The Labute approximate surface area is 138 Å². The number of anilines is 1. The van der Waals surface area contributed by atoms with Crippen molar-refractivity contribution in [1.82, 2.24) is 0 Å². The average Bonchev–Trinajstić information content (AvgIpc) is 2.40. The zero-order chi connectivity index (χ0) is 16.5. The van der Waals surface area contributed by atoms with Gasteiger partial charge in [0, 0.05) is 18.2 Å². The Morgan fingerprint density at radius 2 is 2.18 bits per heavy atom. The van der Waals surface area contributed by atoms with Gasteiger partial charge in [0.2, 0.25) is 0 Å². The molecule has 0 aromatic heterocycles. The third-order valence-electron chi connectivity index (χ3n) is 4.44. The highest BCUT2D eigenvalue weighted by Crippen LogP contribution is 2.43. The number of aryl methyl sites for hydroxylation is 1. The molecule has 0 N–H and O–H groups in total. The Hall–Kier alpha value is -1.22. The Morgan fingerprint density at radius 1 is 1.50 bits per heavy atom. The quantitative estimate of drug-likeness (QED) is 0.612. The Kier molecular flexibility index (Phi) is 5.06. The van der Waals surface area contributed by atoms with Crippen molar-refractivity contribution in [3.63, 3.8) is 0 Å². The molecule has 122 valence electrons. The summed E-state index contributed by atoms with van der Waals surface area (Å²) in [6.07, 6.45) is 0.776. The van der Waals surface area contributed by atoms with Gasteiger partial charge in [-0.05, 0) is 50.3 Å². The largest absolute Gasteiger partial charge is 0.459 e. The lowest BCUT2D eigenvalue weighted by atomic mass is 9.79. The number of carbonyl (C=O) groups is 1. The van der Waals surface area contributed by atoms with Gasteiger partial charge >= 0.3 is 5.97 Å². The minimum absolute atomic E-state index is 0.00463. The van der Waals surface area contributed by atoms with Crippen LogP contribution in [-0.4, -0.2) is 30.0 Å². The van der Waals surface area contributed by atoms with Gasteiger partial charge in [0.1, 0.15) is 6.10 Å². The number of fused-ring (bicyclic) bond motifs is 1. The van der Waals surface area contributed by atoms with Gasteiger partial charge in [0.15, 0.2) is 0 Å². The van der Waals surface area contributed by atoms with Crippen LogP contribution in [0.1, 0.15) is 51.2 Å². The van der Waals surface area contributed by atoms with Crippen LogP contribution in [0, 0.1) is 6.92 Å². The number of rotatable bonds is 4. The summed E-state index contributed by atoms with van der Waals surface area (Å²) in [5.74, 6) is 0.548. The summed E-state index contributed by atoms with van der Waals surface area (Å²) >= 11 is 6.01. The third kappa shape index (κ3) is 3.57. The van der Waals surface area contributed by atoms with E-state index in [9.17, 15) is 4.79 Å². The fraction of sp³-hybridized carbons (Fsp3) is 0.611. The van der Waals surface area contributed by atoms with Crippen molar-refractivity contribution in [2.45, 2.75) is 58.6 Å². The molecule has 2 rings (SSSR count). The topological polar surface area (TPSA) is 29.5 Å². The first-order valence-electron chi connectivity index (χ1n) is 7.86. The van der Waals surface area contributed by atoms with Gasteiger partial charge in [-0.1, -0.05) is 19.1 Å². The van der Waals surface area contributed by atoms with Crippen LogP contribution < -0.4 is 4.90 Å². The summed E-state index contributed by atoms with van der Waals surface area (Å²) in [6, 6.07) is 6.61. The molecule has 4 heteroatoms. The highest BCUT2D eigenvalue weighted by Gasteiger charge is 2.37. The molecule has 0 amide bonds. The summed E-state index contributed by atoms with van der Waals surface area (Å²) in [6.45, 7) is 10.9. The number of alkyl halides is 1. The molecule has 0 spiro atoms. The van der Waals surface area contributed by atoms with Gasteiger partial charge in [-0.2, -0.15) is 0 Å². The first-order valence-corrected chi connectivity index (χ1v) is 8.39. The van der Waals surface area contributed by atoms with Crippen LogP contribution in [0.3, 0.4) is 0 Å². The van der Waals surface area contributed by atoms with E-state index in [0.717, 1.165) is 6.42 Å². The molecule has 0 fully saturated rings. The highest BCUT2D eigenvalue weighted by atomic mass is 35.5. The molecule has 2 unspecified atom stereocenters. The lowest BCUT2D eigenvalue weighted by Crippen LogP contribution is -2.52. The number of nitrogens with zero attached hydrogens (tertiary/aromatic N) is 1. The molecule has 0 bridgehead atoms. The molecule has 1 aromatic rings. The molecular formula is C18H26ClNO2. The lowest BCUT2D eigenvalue weighted by Gasteiger charge is -2.48. The van der Waals surface area contributed by atoms with Crippen molar-refractivity contribution in [2.75, 3.05) is 17.3 Å². The van der Waals surface area contributed by atoms with Gasteiger partial charge in [-0.15, -0.1) is 11.6 Å². The SMILES string of the molecule is CC(=O)OC(CCl)CN1c2cc(C)ccc2C(C)CC1(C)C. The number of carbonyl (C=O) groups excluding carboxylic acids is 1. The molecule has 0 saturated heterocycles. The van der Waals surface area contributed by atoms with E-state index < -0.39 is 0 Å².